The summed E-state index contributed by atoms with van der Waals surface area (Å²) >= 11 is 0. The zero-order valence-electron chi connectivity index (χ0n) is 8.29. The van der Waals surface area contributed by atoms with E-state index in [-0.39, 0.29) is 30.0 Å². The van der Waals surface area contributed by atoms with Crippen molar-refractivity contribution in [3.63, 3.8) is 0 Å². The lowest BCUT2D eigenvalue weighted by molar-refractivity contribution is 0.0982. The average Bonchev–Trinajstić information content (AvgIpc) is 2.21. The van der Waals surface area contributed by atoms with E-state index in [1.54, 1.807) is 0 Å². The minimum absolute atomic E-state index is 0.0688. The predicted molar refractivity (Wildman–Crippen MR) is 52.6 cm³/mol. The molecule has 1 aromatic rings. The van der Waals surface area contributed by atoms with Crippen LogP contribution in [0.25, 0.3) is 0 Å². The molecule has 0 spiro atoms. The van der Waals surface area contributed by atoms with Crippen LogP contribution in [0.3, 0.4) is 0 Å². The van der Waals surface area contributed by atoms with Gasteiger partial charge in [-0.25, -0.2) is 4.39 Å². The van der Waals surface area contributed by atoms with Crippen molar-refractivity contribution in [1.29, 1.82) is 0 Å². The lowest BCUT2D eigenvalue weighted by Gasteiger charge is -2.06. The van der Waals surface area contributed by atoms with Gasteiger partial charge in [0.05, 0.1) is 12.7 Å². The van der Waals surface area contributed by atoms with Crippen molar-refractivity contribution < 1.29 is 19.0 Å². The first kappa shape index (κ1) is 11.5. The number of methoxy groups -OCH3 is 1. The molecule has 0 aliphatic rings. The Labute approximate surface area is 86.5 Å². The molecule has 1 rings (SSSR count). The molecule has 0 aromatic heterocycles. The number of ether oxygens (including phenoxy) is 1. The zero-order chi connectivity index (χ0) is 11.4. The summed E-state index contributed by atoms with van der Waals surface area (Å²) in [6, 6.07) is 2.02. The van der Waals surface area contributed by atoms with Crippen molar-refractivity contribution in [2.45, 2.75) is 6.42 Å². The van der Waals surface area contributed by atoms with E-state index < -0.39 is 11.6 Å². The Morgan fingerprint density at radius 3 is 2.80 bits per heavy atom. The van der Waals surface area contributed by atoms with E-state index in [0.717, 1.165) is 12.1 Å². The van der Waals surface area contributed by atoms with E-state index >= 15 is 0 Å². The summed E-state index contributed by atoms with van der Waals surface area (Å²) in [7, 11) is 1.28. The molecule has 0 fully saturated rings. The van der Waals surface area contributed by atoms with Gasteiger partial charge in [0.15, 0.2) is 17.3 Å². The topological polar surface area (TPSA) is 72.5 Å². The Morgan fingerprint density at radius 2 is 2.27 bits per heavy atom. The number of carbonyl (C=O) groups is 1. The summed E-state index contributed by atoms with van der Waals surface area (Å²) < 4.78 is 17.9. The molecule has 5 heteroatoms. The standard InChI is InChI=1S/C10H12FNO3/c1-15-10-5-9(14)6(4-7(10)11)8(13)2-3-12/h4-5,14H,2-3,12H2,1H3. The minimum atomic E-state index is -0.685. The number of Topliss-reactive ketones (excluding diaryl/α,β-unsaturated/α-hetero) is 1. The van der Waals surface area contributed by atoms with Crippen LogP contribution in [0.2, 0.25) is 0 Å². The number of halogens is 1. The van der Waals surface area contributed by atoms with Crippen molar-refractivity contribution >= 4 is 5.78 Å². The van der Waals surface area contributed by atoms with Gasteiger partial charge in [0.1, 0.15) is 5.75 Å². The average molecular weight is 213 g/mol. The maximum absolute atomic E-state index is 13.2. The third-order valence-electron chi connectivity index (χ3n) is 1.94. The van der Waals surface area contributed by atoms with Crippen molar-refractivity contribution in [2.75, 3.05) is 13.7 Å². The smallest absolute Gasteiger partial charge is 0.167 e. The molecule has 0 saturated heterocycles. The van der Waals surface area contributed by atoms with Crippen LogP contribution in [0.1, 0.15) is 16.8 Å². The van der Waals surface area contributed by atoms with Gasteiger partial charge < -0.3 is 15.6 Å². The highest BCUT2D eigenvalue weighted by Gasteiger charge is 2.15. The van der Waals surface area contributed by atoms with Crippen molar-refractivity contribution in [3.05, 3.63) is 23.5 Å². The van der Waals surface area contributed by atoms with Crippen LogP contribution in [0.4, 0.5) is 4.39 Å². The second-order valence-corrected chi connectivity index (χ2v) is 2.97. The zero-order valence-corrected chi connectivity index (χ0v) is 8.29. The molecule has 0 amide bonds. The van der Waals surface area contributed by atoms with Crippen molar-refractivity contribution in [2.24, 2.45) is 5.73 Å². The maximum Gasteiger partial charge on any atom is 0.167 e. The predicted octanol–water partition coefficient (Wildman–Crippen LogP) is 1.07. The van der Waals surface area contributed by atoms with E-state index in [2.05, 4.69) is 4.74 Å². The highest BCUT2D eigenvalue weighted by Crippen LogP contribution is 2.27. The fourth-order valence-corrected chi connectivity index (χ4v) is 1.19. The van der Waals surface area contributed by atoms with Gasteiger partial charge in [0, 0.05) is 12.5 Å². The number of ketones is 1. The maximum atomic E-state index is 13.2. The molecule has 0 radical (unpaired) electrons. The van der Waals surface area contributed by atoms with Gasteiger partial charge in [0.2, 0.25) is 0 Å². The molecule has 0 atom stereocenters. The lowest BCUT2D eigenvalue weighted by Crippen LogP contribution is -2.08. The van der Waals surface area contributed by atoms with E-state index in [4.69, 9.17) is 5.73 Å². The van der Waals surface area contributed by atoms with Gasteiger partial charge in [-0.2, -0.15) is 0 Å². The number of phenols is 1. The highest BCUT2D eigenvalue weighted by atomic mass is 19.1. The van der Waals surface area contributed by atoms with E-state index in [0.29, 0.717) is 0 Å². The molecular formula is C10H12FNO3. The molecule has 0 unspecified atom stereocenters. The first-order chi connectivity index (χ1) is 7.10. The summed E-state index contributed by atoms with van der Waals surface area (Å²) in [4.78, 5) is 11.4. The first-order valence-electron chi connectivity index (χ1n) is 4.40. The quantitative estimate of drug-likeness (QED) is 0.734. The third-order valence-corrected chi connectivity index (χ3v) is 1.94. The lowest BCUT2D eigenvalue weighted by atomic mass is 10.1. The largest absolute Gasteiger partial charge is 0.507 e. The third kappa shape index (κ3) is 2.44. The van der Waals surface area contributed by atoms with Gasteiger partial charge in [-0.15, -0.1) is 0 Å². The second-order valence-electron chi connectivity index (χ2n) is 2.97. The molecule has 0 bridgehead atoms. The van der Waals surface area contributed by atoms with Gasteiger partial charge in [-0.05, 0) is 12.6 Å². The Hall–Kier alpha value is -1.62. The van der Waals surface area contributed by atoms with Gasteiger partial charge >= 0.3 is 0 Å². The number of benzene rings is 1. The number of hydrogen-bond donors (Lipinski definition) is 2. The van der Waals surface area contributed by atoms with Crippen LogP contribution < -0.4 is 10.5 Å². The monoisotopic (exact) mass is 213 g/mol. The number of hydrogen-bond acceptors (Lipinski definition) is 4. The molecule has 15 heavy (non-hydrogen) atoms. The Balaban J connectivity index is 3.10. The van der Waals surface area contributed by atoms with Crippen LogP contribution in [-0.4, -0.2) is 24.5 Å². The van der Waals surface area contributed by atoms with Crippen LogP contribution in [0.5, 0.6) is 11.5 Å². The number of rotatable bonds is 4. The fraction of sp³-hybridized carbons (Fsp3) is 0.300. The first-order valence-corrected chi connectivity index (χ1v) is 4.40. The Morgan fingerprint density at radius 1 is 1.60 bits per heavy atom. The number of aromatic hydroxyl groups is 1. The van der Waals surface area contributed by atoms with Gasteiger partial charge in [0.25, 0.3) is 0 Å². The van der Waals surface area contributed by atoms with E-state index in [1.807, 2.05) is 0 Å². The number of nitrogens with two attached hydrogens (primary N) is 1. The summed E-state index contributed by atoms with van der Waals surface area (Å²) in [6.45, 7) is 0.159. The van der Waals surface area contributed by atoms with Gasteiger partial charge in [-0.1, -0.05) is 0 Å². The Kier molecular flexibility index (Phi) is 3.62. The molecule has 4 nitrogen and oxygen atoms in total. The second kappa shape index (κ2) is 4.75. The molecule has 0 heterocycles. The number of carbonyl (C=O) groups excluding carboxylic acids is 1. The molecule has 0 aliphatic carbocycles. The summed E-state index contributed by atoms with van der Waals surface area (Å²) in [5.74, 6) is -1.48. The summed E-state index contributed by atoms with van der Waals surface area (Å²) in [5.41, 5.74) is 5.12. The number of phenolic OH excluding ortho intramolecular Hbond substituents is 1. The SMILES string of the molecule is COc1cc(O)c(C(=O)CCN)cc1F. The fourth-order valence-electron chi connectivity index (χ4n) is 1.19. The van der Waals surface area contributed by atoms with Crippen LogP contribution in [0.15, 0.2) is 12.1 Å². The molecule has 0 saturated carbocycles. The van der Waals surface area contributed by atoms with Crippen LogP contribution >= 0.6 is 0 Å². The molecule has 3 N–H and O–H groups in total. The van der Waals surface area contributed by atoms with Crippen molar-refractivity contribution in [3.8, 4) is 11.5 Å². The molecule has 0 aliphatic heterocycles. The van der Waals surface area contributed by atoms with Gasteiger partial charge in [-0.3, -0.25) is 4.79 Å². The highest BCUT2D eigenvalue weighted by molar-refractivity contribution is 5.98. The Bertz CT molecular complexity index is 379. The van der Waals surface area contributed by atoms with Crippen LogP contribution in [-0.2, 0) is 0 Å². The van der Waals surface area contributed by atoms with E-state index in [1.165, 1.54) is 7.11 Å². The van der Waals surface area contributed by atoms with Crippen LogP contribution in [0, 0.1) is 5.82 Å². The molecule has 1 aromatic carbocycles. The summed E-state index contributed by atoms with van der Waals surface area (Å²) in [6.07, 6.45) is 0.0688. The van der Waals surface area contributed by atoms with Crippen molar-refractivity contribution in [1.82, 2.24) is 0 Å². The molecular weight excluding hydrogens is 201 g/mol. The normalized spacial score (nSPS) is 10.1. The molecule has 82 valence electrons. The van der Waals surface area contributed by atoms with E-state index in [9.17, 15) is 14.3 Å². The minimum Gasteiger partial charge on any atom is -0.507 e. The summed E-state index contributed by atoms with van der Waals surface area (Å²) in [5, 5.41) is 9.44.